The maximum Gasteiger partial charge on any atom is 0.435 e. The molecule has 2 rings (SSSR count). The molecule has 1 atom stereocenters. The molecule has 0 aliphatic heterocycles. The first kappa shape index (κ1) is 20.4. The van der Waals surface area contributed by atoms with Crippen molar-refractivity contribution in [3.05, 3.63) is 29.3 Å². The molecule has 146 valence electrons. The molecule has 0 saturated carbocycles. The summed E-state index contributed by atoms with van der Waals surface area (Å²) < 4.78 is 68.3. The Morgan fingerprint density at radius 1 is 1.27 bits per heavy atom. The number of sulfonamides is 1. The minimum Gasteiger partial charge on any atom is -0.274 e. The van der Waals surface area contributed by atoms with Gasteiger partial charge in [-0.1, -0.05) is 6.92 Å². The monoisotopic (exact) mass is 393 g/mol. The van der Waals surface area contributed by atoms with Gasteiger partial charge in [0.05, 0.1) is 11.7 Å². The van der Waals surface area contributed by atoms with Crippen LogP contribution in [-0.2, 0) is 23.2 Å². The van der Waals surface area contributed by atoms with Gasteiger partial charge in [0.25, 0.3) is 0 Å². The fourth-order valence-corrected chi connectivity index (χ4v) is 4.04. The van der Waals surface area contributed by atoms with Crippen molar-refractivity contribution in [1.29, 1.82) is 0 Å². The van der Waals surface area contributed by atoms with E-state index in [1.54, 1.807) is 20.9 Å². The Hall–Kier alpha value is -1.88. The van der Waals surface area contributed by atoms with Crippen LogP contribution in [0.3, 0.4) is 0 Å². The van der Waals surface area contributed by atoms with E-state index in [4.69, 9.17) is 0 Å². The predicted molar refractivity (Wildman–Crippen MR) is 89.0 cm³/mol. The van der Waals surface area contributed by atoms with Gasteiger partial charge >= 0.3 is 6.18 Å². The molecule has 0 unspecified atom stereocenters. The summed E-state index contributed by atoms with van der Waals surface area (Å²) >= 11 is 0. The number of alkyl halides is 3. The zero-order valence-electron chi connectivity index (χ0n) is 15.0. The van der Waals surface area contributed by atoms with Crippen LogP contribution in [0.25, 0.3) is 0 Å². The fourth-order valence-electron chi connectivity index (χ4n) is 2.77. The topological polar surface area (TPSA) is 81.8 Å². The van der Waals surface area contributed by atoms with Crippen LogP contribution in [0.15, 0.2) is 17.2 Å². The summed E-state index contributed by atoms with van der Waals surface area (Å²) in [5.74, 6) is 0. The lowest BCUT2D eigenvalue weighted by atomic mass is 10.1. The van der Waals surface area contributed by atoms with Gasteiger partial charge in [0.1, 0.15) is 4.90 Å². The van der Waals surface area contributed by atoms with Crippen LogP contribution in [0.1, 0.15) is 42.9 Å². The summed E-state index contributed by atoms with van der Waals surface area (Å²) in [4.78, 5) is 0.0858. The van der Waals surface area contributed by atoms with Crippen molar-refractivity contribution in [3.63, 3.8) is 0 Å². The lowest BCUT2D eigenvalue weighted by Crippen LogP contribution is -2.27. The number of nitrogens with zero attached hydrogens (tertiary/aromatic N) is 4. The fraction of sp³-hybridized carbons (Fsp3) is 0.600. The first-order valence-electron chi connectivity index (χ1n) is 8.09. The first-order valence-corrected chi connectivity index (χ1v) is 9.57. The maximum atomic E-state index is 12.8. The number of hydrogen-bond donors (Lipinski definition) is 1. The molecule has 1 N–H and O–H groups in total. The Balaban J connectivity index is 2.08. The molecule has 0 aromatic carbocycles. The van der Waals surface area contributed by atoms with E-state index in [9.17, 15) is 21.6 Å². The molecule has 7 nitrogen and oxygen atoms in total. The van der Waals surface area contributed by atoms with Crippen LogP contribution < -0.4 is 4.72 Å². The average Bonchev–Trinajstić information content (AvgIpc) is 3.06. The molecule has 11 heteroatoms. The van der Waals surface area contributed by atoms with Gasteiger partial charge in [-0.05, 0) is 32.8 Å². The smallest absolute Gasteiger partial charge is 0.274 e. The van der Waals surface area contributed by atoms with Crippen LogP contribution in [0.4, 0.5) is 13.2 Å². The van der Waals surface area contributed by atoms with Crippen LogP contribution in [0, 0.1) is 13.8 Å². The summed E-state index contributed by atoms with van der Waals surface area (Å²) in [6.07, 6.45) is -2.27. The standard InChI is InChI=1S/C15H22F3N5O2S/c1-5-12(23-10(2)8-14(21-23)15(16,17)18)6-7-19-26(24,25)13-9-22(4)20-11(13)3/h8-9,12,19H,5-7H2,1-4H3/t12-/m1/s1. The Labute approximate surface area is 150 Å². The number of aryl methyl sites for hydroxylation is 3. The second-order valence-electron chi connectivity index (χ2n) is 6.11. The third kappa shape index (κ3) is 4.44. The minimum absolute atomic E-state index is 0.0792. The molecule has 26 heavy (non-hydrogen) atoms. The quantitative estimate of drug-likeness (QED) is 0.784. The zero-order valence-corrected chi connectivity index (χ0v) is 15.8. The van der Waals surface area contributed by atoms with Gasteiger partial charge in [-0.2, -0.15) is 23.4 Å². The van der Waals surface area contributed by atoms with Crippen LogP contribution in [0.2, 0.25) is 0 Å². The Morgan fingerprint density at radius 3 is 2.38 bits per heavy atom. The molecule has 0 spiro atoms. The molecule has 2 aromatic rings. The van der Waals surface area contributed by atoms with Crippen LogP contribution in [-0.4, -0.2) is 34.5 Å². The highest BCUT2D eigenvalue weighted by Crippen LogP contribution is 2.30. The molecule has 2 heterocycles. The van der Waals surface area contributed by atoms with Crippen molar-refractivity contribution in [3.8, 4) is 0 Å². The average molecular weight is 393 g/mol. The summed E-state index contributed by atoms with van der Waals surface area (Å²) in [5, 5.41) is 7.64. The molecule has 2 aromatic heterocycles. The van der Waals surface area contributed by atoms with E-state index in [1.807, 2.05) is 6.92 Å². The number of hydrogen-bond acceptors (Lipinski definition) is 4. The second kappa shape index (κ2) is 7.39. The summed E-state index contributed by atoms with van der Waals surface area (Å²) in [7, 11) is -2.10. The minimum atomic E-state index is -4.51. The van der Waals surface area contributed by atoms with Crippen molar-refractivity contribution in [2.45, 2.75) is 50.7 Å². The third-order valence-corrected chi connectivity index (χ3v) is 5.62. The van der Waals surface area contributed by atoms with E-state index in [2.05, 4.69) is 14.9 Å². The predicted octanol–water partition coefficient (Wildman–Crippen LogP) is 2.57. The Kier molecular flexibility index (Phi) is 5.81. The molecule has 0 saturated heterocycles. The Bertz CT molecular complexity index is 870. The lowest BCUT2D eigenvalue weighted by molar-refractivity contribution is -0.141. The van der Waals surface area contributed by atoms with E-state index in [-0.39, 0.29) is 17.5 Å². The Morgan fingerprint density at radius 2 is 1.92 bits per heavy atom. The molecule has 0 aliphatic carbocycles. The highest BCUT2D eigenvalue weighted by atomic mass is 32.2. The van der Waals surface area contributed by atoms with E-state index in [0.717, 1.165) is 6.07 Å². The number of rotatable bonds is 7. The van der Waals surface area contributed by atoms with Gasteiger partial charge in [0.2, 0.25) is 10.0 Å². The van der Waals surface area contributed by atoms with Gasteiger partial charge in [-0.25, -0.2) is 13.1 Å². The first-order chi connectivity index (χ1) is 12.0. The van der Waals surface area contributed by atoms with Gasteiger partial charge < -0.3 is 0 Å². The van der Waals surface area contributed by atoms with Gasteiger partial charge in [0, 0.05) is 25.5 Å². The van der Waals surface area contributed by atoms with E-state index < -0.39 is 21.9 Å². The highest BCUT2D eigenvalue weighted by molar-refractivity contribution is 7.89. The summed E-state index contributed by atoms with van der Waals surface area (Å²) in [6, 6.07) is 0.648. The van der Waals surface area contributed by atoms with Crippen molar-refractivity contribution in [2.75, 3.05) is 6.54 Å². The summed E-state index contributed by atoms with van der Waals surface area (Å²) in [5.41, 5.74) is -0.181. The summed E-state index contributed by atoms with van der Waals surface area (Å²) in [6.45, 7) is 5.04. The normalized spacial score (nSPS) is 14.0. The number of aromatic nitrogens is 4. The van der Waals surface area contributed by atoms with Crippen molar-refractivity contribution in [2.24, 2.45) is 7.05 Å². The highest BCUT2D eigenvalue weighted by Gasteiger charge is 2.35. The third-order valence-electron chi connectivity index (χ3n) is 4.06. The van der Waals surface area contributed by atoms with Gasteiger partial charge in [-0.3, -0.25) is 9.36 Å². The SMILES string of the molecule is CC[C@H](CCNS(=O)(=O)c1cn(C)nc1C)n1nc(C(F)(F)F)cc1C. The van der Waals surface area contributed by atoms with E-state index in [0.29, 0.717) is 24.2 Å². The number of halogens is 3. The van der Waals surface area contributed by atoms with E-state index >= 15 is 0 Å². The van der Waals surface area contributed by atoms with Crippen LogP contribution in [0.5, 0.6) is 0 Å². The van der Waals surface area contributed by atoms with Crippen LogP contribution >= 0.6 is 0 Å². The molecule has 0 amide bonds. The largest absolute Gasteiger partial charge is 0.435 e. The molecule has 0 bridgehead atoms. The molecular weight excluding hydrogens is 371 g/mol. The molecule has 0 fully saturated rings. The molecular formula is C15H22F3N5O2S. The van der Waals surface area contributed by atoms with Crippen molar-refractivity contribution < 1.29 is 21.6 Å². The maximum absolute atomic E-state index is 12.8. The van der Waals surface area contributed by atoms with Crippen molar-refractivity contribution in [1.82, 2.24) is 24.3 Å². The molecule has 0 aliphatic rings. The van der Waals surface area contributed by atoms with E-state index in [1.165, 1.54) is 15.6 Å². The zero-order chi connectivity index (χ0) is 19.7. The van der Waals surface area contributed by atoms with Crippen molar-refractivity contribution >= 4 is 10.0 Å². The second-order valence-corrected chi connectivity index (χ2v) is 7.85. The van der Waals surface area contributed by atoms with Gasteiger partial charge in [-0.15, -0.1) is 0 Å². The molecule has 0 radical (unpaired) electrons. The van der Waals surface area contributed by atoms with Gasteiger partial charge in [0.15, 0.2) is 5.69 Å². The number of nitrogens with one attached hydrogen (secondary N) is 1. The lowest BCUT2D eigenvalue weighted by Gasteiger charge is -2.18.